The van der Waals surface area contributed by atoms with Crippen molar-refractivity contribution >= 4 is 22.7 Å². The second kappa shape index (κ2) is 7.95. The smallest absolute Gasteiger partial charge is 0.345 e. The molecule has 4 aromatic rings. The number of esters is 1. The van der Waals surface area contributed by atoms with E-state index in [2.05, 4.69) is 0 Å². The third-order valence-electron chi connectivity index (χ3n) is 5.46. The Morgan fingerprint density at radius 2 is 1.42 bits per heavy atom. The van der Waals surface area contributed by atoms with E-state index in [1.807, 2.05) is 49.4 Å². The molecule has 0 spiro atoms. The van der Waals surface area contributed by atoms with E-state index in [1.165, 1.54) is 18.2 Å². The third kappa shape index (κ3) is 3.62. The molecule has 5 nitrogen and oxygen atoms in total. The van der Waals surface area contributed by atoms with Crippen molar-refractivity contribution in [3.63, 3.8) is 0 Å². The quantitative estimate of drug-likeness (QED) is 0.329. The van der Waals surface area contributed by atoms with E-state index in [0.717, 1.165) is 16.5 Å². The normalized spacial score (nSPS) is 10.8. The van der Waals surface area contributed by atoms with Crippen molar-refractivity contribution in [1.82, 2.24) is 0 Å². The Bertz CT molecular complexity index is 1320. The van der Waals surface area contributed by atoms with E-state index in [9.17, 15) is 19.8 Å². The lowest BCUT2D eigenvalue weighted by Gasteiger charge is -2.17. The van der Waals surface area contributed by atoms with Crippen LogP contribution in [-0.2, 0) is 0 Å². The van der Waals surface area contributed by atoms with Crippen LogP contribution >= 0.6 is 0 Å². The van der Waals surface area contributed by atoms with Gasteiger partial charge in [-0.05, 0) is 59.5 Å². The highest BCUT2D eigenvalue weighted by molar-refractivity contribution is 6.14. The molecule has 0 fully saturated rings. The number of aryl methyl sites for hydroxylation is 1. The Kier molecular flexibility index (Phi) is 5.17. The minimum atomic E-state index is -1.19. The number of phenolic OH excluding ortho intramolecular Hbond substituents is 1. The Balaban J connectivity index is 1.89. The van der Waals surface area contributed by atoms with E-state index in [4.69, 9.17) is 4.74 Å². The summed E-state index contributed by atoms with van der Waals surface area (Å²) >= 11 is 0. The van der Waals surface area contributed by atoms with E-state index < -0.39 is 11.9 Å². The topological polar surface area (TPSA) is 83.8 Å². The molecular formula is C26H20O5. The van der Waals surface area contributed by atoms with Crippen LogP contribution in [0.15, 0.2) is 72.8 Å². The van der Waals surface area contributed by atoms with Crippen LogP contribution in [0, 0.1) is 13.8 Å². The molecule has 0 amide bonds. The summed E-state index contributed by atoms with van der Waals surface area (Å²) in [5.41, 5.74) is 2.55. The number of carbonyl (C=O) groups is 2. The zero-order valence-corrected chi connectivity index (χ0v) is 17.0. The number of phenols is 1. The van der Waals surface area contributed by atoms with Crippen LogP contribution in [0.3, 0.4) is 0 Å². The first kappa shape index (κ1) is 20.2. The van der Waals surface area contributed by atoms with Gasteiger partial charge in [-0.25, -0.2) is 9.59 Å². The fourth-order valence-corrected chi connectivity index (χ4v) is 3.82. The minimum Gasteiger partial charge on any atom is -0.508 e. The fraction of sp³-hybridized carbons (Fsp3) is 0.0769. The van der Waals surface area contributed by atoms with Gasteiger partial charge in [0.2, 0.25) is 0 Å². The fourth-order valence-electron chi connectivity index (χ4n) is 3.82. The maximum absolute atomic E-state index is 13.3. The summed E-state index contributed by atoms with van der Waals surface area (Å²) < 4.78 is 5.72. The van der Waals surface area contributed by atoms with Crippen LogP contribution in [0.4, 0.5) is 0 Å². The summed E-state index contributed by atoms with van der Waals surface area (Å²) in [6, 6.07) is 20.8. The summed E-state index contributed by atoms with van der Waals surface area (Å²) in [6.45, 7) is 3.53. The Morgan fingerprint density at radius 3 is 2.10 bits per heavy atom. The summed E-state index contributed by atoms with van der Waals surface area (Å²) in [5, 5.41) is 21.1. The molecule has 2 N–H and O–H groups in total. The van der Waals surface area contributed by atoms with Gasteiger partial charge in [0.1, 0.15) is 11.5 Å². The average molecular weight is 412 g/mol. The molecule has 0 aliphatic carbocycles. The van der Waals surface area contributed by atoms with Crippen molar-refractivity contribution in [2.75, 3.05) is 0 Å². The number of benzene rings is 4. The molecule has 0 bridgehead atoms. The summed E-state index contributed by atoms with van der Waals surface area (Å²) in [6.07, 6.45) is 0. The van der Waals surface area contributed by atoms with Crippen molar-refractivity contribution in [1.29, 1.82) is 0 Å². The van der Waals surface area contributed by atoms with E-state index in [0.29, 0.717) is 16.5 Å². The molecule has 0 aliphatic heterocycles. The number of aromatic hydroxyl groups is 1. The number of aromatic carboxylic acids is 1. The maximum Gasteiger partial charge on any atom is 0.345 e. The second-order valence-electron chi connectivity index (χ2n) is 7.29. The number of carboxylic acid groups (broad SMARTS) is 1. The number of ether oxygens (including phenoxy) is 1. The number of rotatable bonds is 4. The summed E-state index contributed by atoms with van der Waals surface area (Å²) in [4.78, 5) is 25.4. The minimum absolute atomic E-state index is 0.0123. The molecule has 0 saturated heterocycles. The zero-order valence-electron chi connectivity index (χ0n) is 17.0. The van der Waals surface area contributed by atoms with Crippen LogP contribution in [0.5, 0.6) is 11.5 Å². The van der Waals surface area contributed by atoms with Crippen LogP contribution in [0.2, 0.25) is 0 Å². The van der Waals surface area contributed by atoms with E-state index >= 15 is 0 Å². The van der Waals surface area contributed by atoms with Gasteiger partial charge in [0.15, 0.2) is 0 Å². The largest absolute Gasteiger partial charge is 0.508 e. The predicted molar refractivity (Wildman–Crippen MR) is 119 cm³/mol. The number of hydrogen-bond acceptors (Lipinski definition) is 4. The highest BCUT2D eigenvalue weighted by atomic mass is 16.5. The Hall–Kier alpha value is -4.12. The first-order valence-electron chi connectivity index (χ1n) is 9.74. The number of carbonyl (C=O) groups excluding carboxylic acids is 1. The standard InChI is InChI=1S/C26H20O5/c1-15-16(2)23(25(28)29)24(20-11-7-6-10-19(15)20)26(30)31-22-13-12-18(27)14-21(22)17-8-4-3-5-9-17/h3-14,27H,1-2H3,(H,28,29). The Labute approximate surface area is 179 Å². The average Bonchev–Trinajstić information content (AvgIpc) is 2.77. The molecule has 0 heterocycles. The first-order chi connectivity index (χ1) is 14.9. The van der Waals surface area contributed by atoms with Gasteiger partial charge in [0.05, 0.1) is 11.1 Å². The molecule has 0 aromatic heterocycles. The number of carboxylic acids is 1. The zero-order chi connectivity index (χ0) is 22.1. The van der Waals surface area contributed by atoms with Gasteiger partial charge in [0, 0.05) is 5.56 Å². The van der Waals surface area contributed by atoms with Crippen molar-refractivity contribution in [3.8, 4) is 22.6 Å². The molecule has 0 saturated carbocycles. The van der Waals surface area contributed by atoms with Gasteiger partial charge in [-0.15, -0.1) is 0 Å². The van der Waals surface area contributed by atoms with E-state index in [1.54, 1.807) is 19.1 Å². The summed E-state index contributed by atoms with van der Waals surface area (Å²) in [7, 11) is 0. The van der Waals surface area contributed by atoms with Gasteiger partial charge in [-0.3, -0.25) is 0 Å². The molecule has 0 unspecified atom stereocenters. The lowest BCUT2D eigenvalue weighted by molar-refractivity contribution is 0.0668. The van der Waals surface area contributed by atoms with E-state index in [-0.39, 0.29) is 22.6 Å². The molecule has 4 aromatic carbocycles. The first-order valence-corrected chi connectivity index (χ1v) is 9.74. The molecule has 0 aliphatic rings. The predicted octanol–water partition coefficient (Wildman–Crippen LogP) is 5.75. The van der Waals surface area contributed by atoms with Gasteiger partial charge >= 0.3 is 11.9 Å². The lowest BCUT2D eigenvalue weighted by Crippen LogP contribution is -2.17. The SMILES string of the molecule is Cc1c(C(=O)O)c(C(=O)Oc2ccc(O)cc2-c2ccccc2)c2ccccc2c1C. The van der Waals surface area contributed by atoms with Crippen molar-refractivity contribution in [3.05, 3.63) is 95.1 Å². The molecule has 154 valence electrons. The molecule has 0 radical (unpaired) electrons. The number of hydrogen-bond donors (Lipinski definition) is 2. The highest BCUT2D eigenvalue weighted by Gasteiger charge is 2.26. The van der Waals surface area contributed by atoms with Crippen molar-refractivity contribution in [2.24, 2.45) is 0 Å². The Morgan fingerprint density at radius 1 is 0.774 bits per heavy atom. The van der Waals surface area contributed by atoms with Crippen LogP contribution < -0.4 is 4.74 Å². The van der Waals surface area contributed by atoms with Crippen LogP contribution in [0.25, 0.3) is 21.9 Å². The molecule has 5 heteroatoms. The van der Waals surface area contributed by atoms with Crippen LogP contribution in [0.1, 0.15) is 31.8 Å². The van der Waals surface area contributed by atoms with Crippen molar-refractivity contribution in [2.45, 2.75) is 13.8 Å². The third-order valence-corrected chi connectivity index (χ3v) is 5.46. The molecule has 31 heavy (non-hydrogen) atoms. The van der Waals surface area contributed by atoms with Gasteiger partial charge in [-0.2, -0.15) is 0 Å². The van der Waals surface area contributed by atoms with Crippen LogP contribution in [-0.4, -0.2) is 22.2 Å². The maximum atomic E-state index is 13.3. The van der Waals surface area contributed by atoms with Gasteiger partial charge in [-0.1, -0.05) is 54.6 Å². The second-order valence-corrected chi connectivity index (χ2v) is 7.29. The molecule has 0 atom stereocenters. The molecular weight excluding hydrogens is 392 g/mol. The van der Waals surface area contributed by atoms with Gasteiger partial charge < -0.3 is 14.9 Å². The van der Waals surface area contributed by atoms with Gasteiger partial charge in [0.25, 0.3) is 0 Å². The summed E-state index contributed by atoms with van der Waals surface area (Å²) in [5.74, 6) is -1.69. The van der Waals surface area contributed by atoms with Crippen molar-refractivity contribution < 1.29 is 24.5 Å². The monoisotopic (exact) mass is 412 g/mol. The highest BCUT2D eigenvalue weighted by Crippen LogP contribution is 2.35. The lowest BCUT2D eigenvalue weighted by atomic mass is 9.90. The number of fused-ring (bicyclic) bond motifs is 1. The molecule has 4 rings (SSSR count).